The number of rotatable bonds is 5. The van der Waals surface area contributed by atoms with Gasteiger partial charge in [0.25, 0.3) is 0 Å². The highest BCUT2D eigenvalue weighted by atomic mass is 15.2. The number of aromatic nitrogens is 3. The lowest BCUT2D eigenvalue weighted by Crippen LogP contribution is -2.28. The number of aryl methyl sites for hydroxylation is 1. The molecule has 122 valence electrons. The summed E-state index contributed by atoms with van der Waals surface area (Å²) in [6.07, 6.45) is 6.00. The maximum Gasteiger partial charge on any atom is 0.132 e. The lowest BCUT2D eigenvalue weighted by Gasteiger charge is -2.26. The molecule has 1 fully saturated rings. The fraction of sp³-hybridized carbons (Fsp3) is 0.500. The second kappa shape index (κ2) is 7.51. The van der Waals surface area contributed by atoms with Crippen molar-refractivity contribution in [2.75, 3.05) is 24.5 Å². The Bertz CT molecular complexity index is 623. The van der Waals surface area contributed by atoms with Crippen molar-refractivity contribution in [3.63, 3.8) is 0 Å². The molecule has 5 heteroatoms. The second-order valence-corrected chi connectivity index (χ2v) is 6.09. The molecule has 3 heterocycles. The van der Waals surface area contributed by atoms with Crippen molar-refractivity contribution in [1.82, 2.24) is 20.3 Å². The third-order valence-electron chi connectivity index (χ3n) is 4.43. The van der Waals surface area contributed by atoms with Crippen LogP contribution >= 0.6 is 0 Å². The Labute approximate surface area is 138 Å². The largest absolute Gasteiger partial charge is 0.352 e. The summed E-state index contributed by atoms with van der Waals surface area (Å²) in [6, 6.07) is 6.31. The van der Waals surface area contributed by atoms with Crippen molar-refractivity contribution in [1.29, 1.82) is 0 Å². The van der Waals surface area contributed by atoms with E-state index >= 15 is 0 Å². The fourth-order valence-corrected chi connectivity index (χ4v) is 3.13. The van der Waals surface area contributed by atoms with Gasteiger partial charge < -0.3 is 10.2 Å². The lowest BCUT2D eigenvalue weighted by atomic mass is 9.94. The van der Waals surface area contributed by atoms with Gasteiger partial charge in [0.1, 0.15) is 11.6 Å². The summed E-state index contributed by atoms with van der Waals surface area (Å²) in [5, 5.41) is 3.42. The average Bonchev–Trinajstić information content (AvgIpc) is 2.61. The number of nitrogens with zero attached hydrogens (tertiary/aromatic N) is 4. The first-order valence-electron chi connectivity index (χ1n) is 8.46. The van der Waals surface area contributed by atoms with Crippen molar-refractivity contribution in [2.45, 2.75) is 39.2 Å². The predicted molar refractivity (Wildman–Crippen MR) is 92.6 cm³/mol. The zero-order valence-corrected chi connectivity index (χ0v) is 14.0. The molecule has 0 bridgehead atoms. The monoisotopic (exact) mass is 311 g/mol. The van der Waals surface area contributed by atoms with Crippen LogP contribution in [-0.4, -0.2) is 34.6 Å². The molecular weight excluding hydrogens is 286 g/mol. The summed E-state index contributed by atoms with van der Waals surface area (Å²) in [5.41, 5.74) is 2.45. The summed E-state index contributed by atoms with van der Waals surface area (Å²) < 4.78 is 0. The molecule has 2 aromatic heterocycles. The molecule has 0 aliphatic carbocycles. The Morgan fingerprint density at radius 3 is 2.61 bits per heavy atom. The molecule has 0 atom stereocenters. The maximum absolute atomic E-state index is 4.71. The van der Waals surface area contributed by atoms with Gasteiger partial charge >= 0.3 is 0 Å². The highest BCUT2D eigenvalue weighted by Gasteiger charge is 2.19. The number of nitrogens with one attached hydrogen (secondary N) is 1. The van der Waals surface area contributed by atoms with Crippen LogP contribution in [0.5, 0.6) is 0 Å². The zero-order chi connectivity index (χ0) is 16.1. The van der Waals surface area contributed by atoms with E-state index in [0.29, 0.717) is 5.92 Å². The van der Waals surface area contributed by atoms with Gasteiger partial charge in [-0.3, -0.25) is 4.98 Å². The molecule has 5 nitrogen and oxygen atoms in total. The van der Waals surface area contributed by atoms with Crippen LogP contribution in [0.3, 0.4) is 0 Å². The predicted octanol–water partition coefficient (Wildman–Crippen LogP) is 2.67. The quantitative estimate of drug-likeness (QED) is 0.920. The highest BCUT2D eigenvalue weighted by Crippen LogP contribution is 2.26. The molecular formula is C18H25N5. The van der Waals surface area contributed by atoms with Gasteiger partial charge in [0.2, 0.25) is 0 Å². The molecule has 1 saturated heterocycles. The molecule has 0 aromatic carbocycles. The number of hydrogen-bond donors (Lipinski definition) is 1. The van der Waals surface area contributed by atoms with E-state index in [4.69, 9.17) is 4.98 Å². The van der Waals surface area contributed by atoms with Crippen LogP contribution in [0, 0.1) is 6.92 Å². The third kappa shape index (κ3) is 4.05. The van der Waals surface area contributed by atoms with Gasteiger partial charge in [0.15, 0.2) is 0 Å². The summed E-state index contributed by atoms with van der Waals surface area (Å²) >= 11 is 0. The zero-order valence-electron chi connectivity index (χ0n) is 14.0. The minimum absolute atomic E-state index is 0.552. The van der Waals surface area contributed by atoms with Gasteiger partial charge in [-0.1, -0.05) is 0 Å². The van der Waals surface area contributed by atoms with Crippen molar-refractivity contribution in [3.8, 4) is 0 Å². The van der Waals surface area contributed by atoms with E-state index < -0.39 is 0 Å². The summed E-state index contributed by atoms with van der Waals surface area (Å²) in [4.78, 5) is 15.8. The smallest absolute Gasteiger partial charge is 0.132 e. The van der Waals surface area contributed by atoms with E-state index in [1.165, 1.54) is 11.3 Å². The van der Waals surface area contributed by atoms with Crippen molar-refractivity contribution in [2.24, 2.45) is 0 Å². The van der Waals surface area contributed by atoms with Crippen LogP contribution in [0.1, 0.15) is 42.8 Å². The first-order chi connectivity index (χ1) is 11.3. The Hall–Kier alpha value is -2.01. The first-order valence-corrected chi connectivity index (χ1v) is 8.46. The fourth-order valence-electron chi connectivity index (χ4n) is 3.13. The molecule has 0 saturated carbocycles. The summed E-state index contributed by atoms with van der Waals surface area (Å²) in [6.45, 7) is 8.10. The normalized spacial score (nSPS) is 15.6. The van der Waals surface area contributed by atoms with Gasteiger partial charge in [-0.15, -0.1) is 0 Å². The minimum atomic E-state index is 0.552. The van der Waals surface area contributed by atoms with Crippen LogP contribution in [0.2, 0.25) is 0 Å². The van der Waals surface area contributed by atoms with Crippen molar-refractivity contribution >= 4 is 5.82 Å². The molecule has 3 rings (SSSR count). The minimum Gasteiger partial charge on any atom is -0.352 e. The number of anilines is 1. The van der Waals surface area contributed by atoms with Crippen LogP contribution in [0.15, 0.2) is 30.6 Å². The maximum atomic E-state index is 4.71. The molecule has 23 heavy (non-hydrogen) atoms. The molecule has 0 spiro atoms. The van der Waals surface area contributed by atoms with Crippen LogP contribution in [0.25, 0.3) is 0 Å². The Morgan fingerprint density at radius 1 is 1.17 bits per heavy atom. The molecule has 0 amide bonds. The third-order valence-corrected chi connectivity index (χ3v) is 4.43. The number of piperidine rings is 1. The molecule has 0 radical (unpaired) electrons. The van der Waals surface area contributed by atoms with E-state index in [0.717, 1.165) is 50.7 Å². The van der Waals surface area contributed by atoms with Gasteiger partial charge in [-0.2, -0.15) is 0 Å². The van der Waals surface area contributed by atoms with Gasteiger partial charge in [0, 0.05) is 43.2 Å². The average molecular weight is 311 g/mol. The summed E-state index contributed by atoms with van der Waals surface area (Å²) in [5.74, 6) is 2.45. The standard InChI is InChI=1S/C18H25N5/c1-3-23(13-15-4-8-19-9-5-15)18-12-17(21-14(2)22-18)16-6-10-20-11-7-16/h4-5,8-9,12,16,20H,3,6-7,10-11,13H2,1-2H3. The van der Waals surface area contributed by atoms with Crippen LogP contribution in [-0.2, 0) is 6.54 Å². The molecule has 1 N–H and O–H groups in total. The van der Waals surface area contributed by atoms with E-state index in [-0.39, 0.29) is 0 Å². The van der Waals surface area contributed by atoms with Crippen LogP contribution in [0.4, 0.5) is 5.82 Å². The topological polar surface area (TPSA) is 53.9 Å². The Balaban J connectivity index is 1.83. The molecule has 1 aliphatic heterocycles. The number of hydrogen-bond acceptors (Lipinski definition) is 5. The van der Waals surface area contributed by atoms with E-state index in [1.807, 2.05) is 19.3 Å². The Morgan fingerprint density at radius 2 is 1.91 bits per heavy atom. The lowest BCUT2D eigenvalue weighted by molar-refractivity contribution is 0.452. The van der Waals surface area contributed by atoms with Crippen molar-refractivity contribution < 1.29 is 0 Å². The van der Waals surface area contributed by atoms with Crippen molar-refractivity contribution in [3.05, 3.63) is 47.7 Å². The molecule has 2 aromatic rings. The summed E-state index contributed by atoms with van der Waals surface area (Å²) in [7, 11) is 0. The molecule has 1 aliphatic rings. The van der Waals surface area contributed by atoms with Gasteiger partial charge in [-0.25, -0.2) is 9.97 Å². The Kier molecular flexibility index (Phi) is 5.18. The van der Waals surface area contributed by atoms with E-state index in [1.54, 1.807) is 0 Å². The van der Waals surface area contributed by atoms with Gasteiger partial charge in [-0.05, 0) is 57.5 Å². The second-order valence-electron chi connectivity index (χ2n) is 6.09. The number of pyridine rings is 1. The van der Waals surface area contributed by atoms with E-state index in [9.17, 15) is 0 Å². The highest BCUT2D eigenvalue weighted by molar-refractivity contribution is 5.41. The molecule has 0 unspecified atom stereocenters. The van der Waals surface area contributed by atoms with Gasteiger partial charge in [0.05, 0.1) is 0 Å². The first kappa shape index (κ1) is 15.9. The van der Waals surface area contributed by atoms with Crippen LogP contribution < -0.4 is 10.2 Å². The van der Waals surface area contributed by atoms with E-state index in [2.05, 4.69) is 45.3 Å². The SMILES string of the molecule is CCN(Cc1ccncc1)c1cc(C2CCNCC2)nc(C)n1.